The van der Waals surface area contributed by atoms with E-state index in [1.54, 1.807) is 19.1 Å². The number of anilines is 1. The number of carbonyl (C=O) groups is 1. The fraction of sp³-hybridized carbons (Fsp3) is 0.263. The number of phenolic OH excluding ortho intramolecular Hbond substituents is 1. The van der Waals surface area contributed by atoms with Crippen molar-refractivity contribution >= 4 is 17.4 Å². The molecule has 26 heavy (non-hydrogen) atoms. The lowest BCUT2D eigenvalue weighted by Gasteiger charge is -2.10. The van der Waals surface area contributed by atoms with Crippen molar-refractivity contribution in [1.29, 1.82) is 0 Å². The first-order valence-corrected chi connectivity index (χ1v) is 8.29. The van der Waals surface area contributed by atoms with Gasteiger partial charge in [0.05, 0.1) is 13.7 Å². The van der Waals surface area contributed by atoms with Gasteiger partial charge in [0.2, 0.25) is 0 Å². The molecule has 3 aromatic rings. The number of aromatic hydroxyl groups is 1. The summed E-state index contributed by atoms with van der Waals surface area (Å²) in [7, 11) is 1.49. The number of carbonyl (C=O) groups excluding carboxylic acids is 1. The minimum atomic E-state index is -0.348. The molecule has 0 saturated carbocycles. The number of aromatic nitrogens is 2. The summed E-state index contributed by atoms with van der Waals surface area (Å²) in [5.41, 5.74) is 3.11. The lowest BCUT2D eigenvalue weighted by Crippen LogP contribution is -2.17. The highest BCUT2D eigenvalue weighted by molar-refractivity contribution is 5.81. The molecule has 0 aliphatic rings. The second-order valence-corrected chi connectivity index (χ2v) is 5.79. The number of ether oxygens (including phenoxy) is 2. The monoisotopic (exact) mass is 355 g/mol. The largest absolute Gasteiger partial charge is 0.504 e. The zero-order chi connectivity index (χ0) is 18.7. The van der Waals surface area contributed by atoms with Gasteiger partial charge in [-0.15, -0.1) is 0 Å². The summed E-state index contributed by atoms with van der Waals surface area (Å²) in [5.74, 6) is 0.712. The van der Waals surface area contributed by atoms with E-state index in [1.807, 2.05) is 35.7 Å². The summed E-state index contributed by atoms with van der Waals surface area (Å²) in [6.07, 6.45) is 1.93. The van der Waals surface area contributed by atoms with Crippen molar-refractivity contribution in [3.8, 4) is 22.8 Å². The maximum atomic E-state index is 11.8. The maximum absolute atomic E-state index is 11.8. The van der Waals surface area contributed by atoms with E-state index in [2.05, 4.69) is 10.3 Å². The van der Waals surface area contributed by atoms with Gasteiger partial charge in [0.1, 0.15) is 23.7 Å². The number of aryl methyl sites for hydroxylation is 1. The van der Waals surface area contributed by atoms with Crippen molar-refractivity contribution in [2.75, 3.05) is 25.6 Å². The highest BCUT2D eigenvalue weighted by Crippen LogP contribution is 2.35. The summed E-state index contributed by atoms with van der Waals surface area (Å²) in [6.45, 7) is 4.09. The highest BCUT2D eigenvalue weighted by Gasteiger charge is 2.17. The maximum Gasteiger partial charge on any atom is 0.325 e. The van der Waals surface area contributed by atoms with E-state index in [0.29, 0.717) is 29.4 Å². The van der Waals surface area contributed by atoms with Gasteiger partial charge in [-0.1, -0.05) is 6.07 Å². The Balaban J connectivity index is 2.07. The summed E-state index contributed by atoms with van der Waals surface area (Å²) >= 11 is 0. The Morgan fingerprint density at radius 3 is 2.81 bits per heavy atom. The first-order valence-electron chi connectivity index (χ1n) is 8.29. The van der Waals surface area contributed by atoms with Gasteiger partial charge in [0.25, 0.3) is 0 Å². The topological polar surface area (TPSA) is 85.1 Å². The number of hydrogen-bond donors (Lipinski definition) is 2. The third-order valence-corrected chi connectivity index (χ3v) is 3.92. The molecule has 0 bridgehead atoms. The Hall–Kier alpha value is -3.22. The number of fused-ring (bicyclic) bond motifs is 1. The van der Waals surface area contributed by atoms with E-state index in [0.717, 1.165) is 11.2 Å². The fourth-order valence-corrected chi connectivity index (χ4v) is 2.73. The van der Waals surface area contributed by atoms with E-state index in [-0.39, 0.29) is 18.3 Å². The summed E-state index contributed by atoms with van der Waals surface area (Å²) in [5, 5.41) is 13.2. The third kappa shape index (κ3) is 3.42. The first-order chi connectivity index (χ1) is 12.5. The smallest absolute Gasteiger partial charge is 0.325 e. The SMILES string of the molecule is CCOC(=O)CNc1c(-c2ccc(OC)c(O)c2)nc2ccc(C)cn12. The minimum absolute atomic E-state index is 0.0186. The molecule has 0 fully saturated rings. The number of nitrogens with one attached hydrogen (secondary N) is 1. The predicted octanol–water partition coefficient (Wildman–Crippen LogP) is 3.00. The number of rotatable bonds is 6. The molecule has 0 amide bonds. The van der Waals surface area contributed by atoms with Crippen LogP contribution in [0.15, 0.2) is 36.5 Å². The molecule has 0 aliphatic heterocycles. The molecule has 0 spiro atoms. The molecule has 2 aromatic heterocycles. The van der Waals surface area contributed by atoms with Gasteiger partial charge in [-0.05, 0) is 43.7 Å². The zero-order valence-electron chi connectivity index (χ0n) is 14.9. The number of nitrogens with zero attached hydrogens (tertiary/aromatic N) is 2. The number of methoxy groups -OCH3 is 1. The van der Waals surface area contributed by atoms with Crippen LogP contribution >= 0.6 is 0 Å². The lowest BCUT2D eigenvalue weighted by molar-refractivity contribution is -0.140. The minimum Gasteiger partial charge on any atom is -0.504 e. The number of pyridine rings is 1. The zero-order valence-corrected chi connectivity index (χ0v) is 14.9. The second-order valence-electron chi connectivity index (χ2n) is 5.79. The summed E-state index contributed by atoms with van der Waals surface area (Å²) in [4.78, 5) is 16.4. The van der Waals surface area contributed by atoms with Crippen LogP contribution in [0.2, 0.25) is 0 Å². The van der Waals surface area contributed by atoms with E-state index in [9.17, 15) is 9.90 Å². The molecule has 7 heteroatoms. The van der Waals surface area contributed by atoms with Crippen molar-refractivity contribution in [2.24, 2.45) is 0 Å². The van der Waals surface area contributed by atoms with Crippen LogP contribution in [0.1, 0.15) is 12.5 Å². The molecular formula is C19H21N3O4. The van der Waals surface area contributed by atoms with Crippen molar-refractivity contribution < 1.29 is 19.4 Å². The van der Waals surface area contributed by atoms with Crippen LogP contribution in [0.4, 0.5) is 5.82 Å². The van der Waals surface area contributed by atoms with Crippen molar-refractivity contribution in [3.63, 3.8) is 0 Å². The summed E-state index contributed by atoms with van der Waals surface area (Å²) < 4.78 is 12.0. The molecule has 0 saturated heterocycles. The van der Waals surface area contributed by atoms with Crippen LogP contribution in [0.25, 0.3) is 16.9 Å². The van der Waals surface area contributed by atoms with E-state index in [4.69, 9.17) is 9.47 Å². The van der Waals surface area contributed by atoms with E-state index in [1.165, 1.54) is 7.11 Å². The van der Waals surface area contributed by atoms with Crippen LogP contribution < -0.4 is 10.1 Å². The standard InChI is InChI=1S/C19H21N3O4/c1-4-26-17(24)10-20-19-18(13-6-7-15(25-3)14(23)9-13)21-16-8-5-12(2)11-22(16)19/h5-9,11,20,23H,4,10H2,1-3H3. The van der Waals surface area contributed by atoms with Gasteiger partial charge in [-0.2, -0.15) is 0 Å². The Bertz CT molecular complexity index is 949. The Morgan fingerprint density at radius 2 is 2.12 bits per heavy atom. The fourth-order valence-electron chi connectivity index (χ4n) is 2.73. The molecule has 7 nitrogen and oxygen atoms in total. The molecule has 1 aromatic carbocycles. The highest BCUT2D eigenvalue weighted by atomic mass is 16.5. The van der Waals surface area contributed by atoms with Crippen molar-refractivity contribution in [1.82, 2.24) is 9.38 Å². The van der Waals surface area contributed by atoms with Crippen LogP contribution in [0, 0.1) is 6.92 Å². The number of hydrogen-bond acceptors (Lipinski definition) is 6. The van der Waals surface area contributed by atoms with Crippen LogP contribution in [0.5, 0.6) is 11.5 Å². The number of benzene rings is 1. The predicted molar refractivity (Wildman–Crippen MR) is 98.7 cm³/mol. The van der Waals surface area contributed by atoms with Gasteiger partial charge < -0.3 is 19.9 Å². The van der Waals surface area contributed by atoms with Gasteiger partial charge in [0.15, 0.2) is 11.5 Å². The molecule has 0 unspecified atom stereocenters. The van der Waals surface area contributed by atoms with E-state index >= 15 is 0 Å². The van der Waals surface area contributed by atoms with Crippen molar-refractivity contribution in [3.05, 3.63) is 42.1 Å². The van der Waals surface area contributed by atoms with Gasteiger partial charge >= 0.3 is 5.97 Å². The van der Waals surface area contributed by atoms with Gasteiger partial charge in [0, 0.05) is 11.8 Å². The Morgan fingerprint density at radius 1 is 1.31 bits per heavy atom. The molecular weight excluding hydrogens is 334 g/mol. The van der Waals surface area contributed by atoms with Gasteiger partial charge in [-0.3, -0.25) is 9.20 Å². The van der Waals surface area contributed by atoms with Crippen LogP contribution in [-0.4, -0.2) is 40.7 Å². The van der Waals surface area contributed by atoms with Gasteiger partial charge in [-0.25, -0.2) is 4.98 Å². The van der Waals surface area contributed by atoms with Crippen molar-refractivity contribution in [2.45, 2.75) is 13.8 Å². The molecule has 0 atom stereocenters. The molecule has 2 N–H and O–H groups in total. The first kappa shape index (κ1) is 17.6. The average molecular weight is 355 g/mol. The molecule has 3 rings (SSSR count). The Labute approximate surface area is 151 Å². The lowest BCUT2D eigenvalue weighted by atomic mass is 10.1. The molecule has 2 heterocycles. The van der Waals surface area contributed by atoms with Crippen LogP contribution in [-0.2, 0) is 9.53 Å². The number of imidazole rings is 1. The Kier molecular flexibility index (Phi) is 4.97. The third-order valence-electron chi connectivity index (χ3n) is 3.92. The molecule has 0 aliphatic carbocycles. The van der Waals surface area contributed by atoms with E-state index < -0.39 is 0 Å². The quantitative estimate of drug-likeness (QED) is 0.661. The summed E-state index contributed by atoms with van der Waals surface area (Å²) in [6, 6.07) is 8.94. The number of phenols is 1. The normalized spacial score (nSPS) is 10.7. The second kappa shape index (κ2) is 7.35. The van der Waals surface area contributed by atoms with Crippen LogP contribution in [0.3, 0.4) is 0 Å². The average Bonchev–Trinajstić information content (AvgIpc) is 2.98. The molecule has 136 valence electrons. The number of esters is 1. The molecule has 0 radical (unpaired) electrons.